The lowest BCUT2D eigenvalue weighted by Crippen LogP contribution is -1.97. The standard InChI is InChI=1S/C11H16O3/c1-10(12)8-6-4-3-5-7-9-14-11(2)13/h5-8H,3-4,9H2,1-2H3/b7-5+,8-6+. The summed E-state index contributed by atoms with van der Waals surface area (Å²) in [4.78, 5) is 20.8. The van der Waals surface area contributed by atoms with Crippen LogP contribution in [0.2, 0.25) is 0 Å². The minimum Gasteiger partial charge on any atom is -0.462 e. The van der Waals surface area contributed by atoms with Crippen molar-refractivity contribution in [1.29, 1.82) is 0 Å². The van der Waals surface area contributed by atoms with Gasteiger partial charge in [0.15, 0.2) is 5.78 Å². The van der Waals surface area contributed by atoms with E-state index in [-0.39, 0.29) is 11.8 Å². The van der Waals surface area contributed by atoms with Gasteiger partial charge in [-0.2, -0.15) is 0 Å². The smallest absolute Gasteiger partial charge is 0.302 e. The molecule has 0 saturated heterocycles. The van der Waals surface area contributed by atoms with Gasteiger partial charge in [0, 0.05) is 6.92 Å². The molecule has 0 N–H and O–H groups in total. The predicted molar refractivity (Wildman–Crippen MR) is 54.8 cm³/mol. The Bertz CT molecular complexity index is 239. The summed E-state index contributed by atoms with van der Waals surface area (Å²) in [5.74, 6) is -0.208. The fraction of sp³-hybridized carbons (Fsp3) is 0.455. The van der Waals surface area contributed by atoms with Crippen molar-refractivity contribution >= 4 is 11.8 Å². The highest BCUT2D eigenvalue weighted by molar-refractivity contribution is 5.87. The highest BCUT2D eigenvalue weighted by Crippen LogP contribution is 1.93. The van der Waals surface area contributed by atoms with Gasteiger partial charge in [-0.25, -0.2) is 0 Å². The molecule has 3 nitrogen and oxygen atoms in total. The third-order valence-corrected chi connectivity index (χ3v) is 1.40. The maximum absolute atomic E-state index is 10.5. The number of ketones is 1. The van der Waals surface area contributed by atoms with E-state index in [1.165, 1.54) is 13.8 Å². The minimum absolute atomic E-state index is 0.0638. The molecule has 0 saturated carbocycles. The maximum atomic E-state index is 10.5. The Balaban J connectivity index is 3.35. The van der Waals surface area contributed by atoms with Crippen molar-refractivity contribution in [3.8, 4) is 0 Å². The van der Waals surface area contributed by atoms with Gasteiger partial charge in [-0.15, -0.1) is 0 Å². The van der Waals surface area contributed by atoms with E-state index >= 15 is 0 Å². The average molecular weight is 196 g/mol. The molecular weight excluding hydrogens is 180 g/mol. The van der Waals surface area contributed by atoms with Gasteiger partial charge in [-0.1, -0.05) is 18.2 Å². The Morgan fingerprint density at radius 1 is 1.07 bits per heavy atom. The summed E-state index contributed by atoms with van der Waals surface area (Å²) in [6.07, 6.45) is 8.79. The van der Waals surface area contributed by atoms with Crippen LogP contribution in [0.15, 0.2) is 24.3 Å². The third kappa shape index (κ3) is 10.6. The van der Waals surface area contributed by atoms with Crippen molar-refractivity contribution in [1.82, 2.24) is 0 Å². The van der Waals surface area contributed by atoms with Gasteiger partial charge in [0.05, 0.1) is 0 Å². The Hall–Kier alpha value is -1.38. The summed E-state index contributed by atoms with van der Waals surface area (Å²) < 4.78 is 4.69. The SMILES string of the molecule is CC(=O)/C=C/CC/C=C/COC(C)=O. The molecule has 0 aromatic heterocycles. The number of carbonyl (C=O) groups is 2. The monoisotopic (exact) mass is 196 g/mol. The van der Waals surface area contributed by atoms with Gasteiger partial charge in [0.1, 0.15) is 6.61 Å². The molecule has 0 aliphatic carbocycles. The molecule has 0 aromatic rings. The second-order valence-corrected chi connectivity index (χ2v) is 2.86. The molecule has 0 unspecified atom stereocenters. The van der Waals surface area contributed by atoms with Crippen LogP contribution in [0.1, 0.15) is 26.7 Å². The quantitative estimate of drug-likeness (QED) is 0.282. The van der Waals surface area contributed by atoms with Gasteiger partial charge < -0.3 is 4.74 Å². The zero-order valence-corrected chi connectivity index (χ0v) is 8.66. The molecule has 14 heavy (non-hydrogen) atoms. The molecule has 0 radical (unpaired) electrons. The fourth-order valence-electron chi connectivity index (χ4n) is 0.793. The van der Waals surface area contributed by atoms with Crippen molar-refractivity contribution in [2.75, 3.05) is 6.61 Å². The van der Waals surface area contributed by atoms with E-state index in [0.29, 0.717) is 6.61 Å². The molecule has 0 atom stereocenters. The summed E-state index contributed by atoms with van der Waals surface area (Å²) in [6.45, 7) is 3.22. The average Bonchev–Trinajstić information content (AvgIpc) is 2.08. The number of allylic oxidation sites excluding steroid dienone is 3. The highest BCUT2D eigenvalue weighted by atomic mass is 16.5. The maximum Gasteiger partial charge on any atom is 0.302 e. The van der Waals surface area contributed by atoms with E-state index < -0.39 is 0 Å². The van der Waals surface area contributed by atoms with Gasteiger partial charge in [-0.3, -0.25) is 9.59 Å². The third-order valence-electron chi connectivity index (χ3n) is 1.40. The van der Waals surface area contributed by atoms with Gasteiger partial charge >= 0.3 is 5.97 Å². The molecule has 0 rings (SSSR count). The number of carbonyl (C=O) groups excluding carboxylic acids is 2. The van der Waals surface area contributed by atoms with Crippen LogP contribution in [-0.4, -0.2) is 18.4 Å². The highest BCUT2D eigenvalue weighted by Gasteiger charge is 1.86. The topological polar surface area (TPSA) is 43.4 Å². The molecule has 0 bridgehead atoms. The van der Waals surface area contributed by atoms with E-state index in [0.717, 1.165) is 12.8 Å². The van der Waals surface area contributed by atoms with Crippen LogP contribution in [0.5, 0.6) is 0 Å². The number of unbranched alkanes of at least 4 members (excludes halogenated alkanes) is 1. The first-order chi connectivity index (χ1) is 6.63. The first kappa shape index (κ1) is 12.6. The lowest BCUT2D eigenvalue weighted by Gasteiger charge is -1.93. The zero-order valence-electron chi connectivity index (χ0n) is 8.66. The van der Waals surface area contributed by atoms with Crippen molar-refractivity contribution in [2.45, 2.75) is 26.7 Å². The molecule has 0 fully saturated rings. The summed E-state index contributed by atoms with van der Waals surface area (Å²) in [7, 11) is 0. The van der Waals surface area contributed by atoms with Crippen molar-refractivity contribution < 1.29 is 14.3 Å². The zero-order chi connectivity index (χ0) is 10.8. The van der Waals surface area contributed by atoms with Crippen LogP contribution in [0.4, 0.5) is 0 Å². The van der Waals surface area contributed by atoms with E-state index in [2.05, 4.69) is 4.74 Å². The van der Waals surface area contributed by atoms with E-state index in [1.807, 2.05) is 12.2 Å². The molecule has 0 spiro atoms. The van der Waals surface area contributed by atoms with Crippen molar-refractivity contribution in [2.24, 2.45) is 0 Å². The Kier molecular flexibility index (Phi) is 7.42. The molecule has 3 heteroatoms. The molecule has 0 aliphatic heterocycles. The number of ether oxygens (including phenoxy) is 1. The lowest BCUT2D eigenvalue weighted by atomic mass is 10.2. The Morgan fingerprint density at radius 3 is 2.29 bits per heavy atom. The normalized spacial score (nSPS) is 11.0. The molecule has 78 valence electrons. The van der Waals surface area contributed by atoms with Gasteiger partial charge in [0.25, 0.3) is 0 Å². The largest absolute Gasteiger partial charge is 0.462 e. The van der Waals surface area contributed by atoms with E-state index in [9.17, 15) is 9.59 Å². The minimum atomic E-state index is -0.272. The molecular formula is C11H16O3. The molecule has 0 heterocycles. The first-order valence-electron chi connectivity index (χ1n) is 4.58. The molecule has 0 aromatic carbocycles. The second kappa shape index (κ2) is 8.23. The van der Waals surface area contributed by atoms with Crippen LogP contribution in [-0.2, 0) is 14.3 Å². The Morgan fingerprint density at radius 2 is 1.71 bits per heavy atom. The number of hydrogen-bond acceptors (Lipinski definition) is 3. The van der Waals surface area contributed by atoms with Crippen LogP contribution in [0.25, 0.3) is 0 Å². The molecule has 0 amide bonds. The van der Waals surface area contributed by atoms with Crippen LogP contribution in [0, 0.1) is 0 Å². The number of hydrogen-bond donors (Lipinski definition) is 0. The van der Waals surface area contributed by atoms with Crippen LogP contribution in [0.3, 0.4) is 0 Å². The van der Waals surface area contributed by atoms with E-state index in [4.69, 9.17) is 0 Å². The van der Waals surface area contributed by atoms with Gasteiger partial charge in [0.2, 0.25) is 0 Å². The van der Waals surface area contributed by atoms with Crippen molar-refractivity contribution in [3.63, 3.8) is 0 Å². The summed E-state index contributed by atoms with van der Waals surface area (Å²) in [5.41, 5.74) is 0. The summed E-state index contributed by atoms with van der Waals surface area (Å²) in [5, 5.41) is 0. The molecule has 0 aliphatic rings. The Labute approximate surface area is 84.4 Å². The van der Waals surface area contributed by atoms with Crippen molar-refractivity contribution in [3.05, 3.63) is 24.3 Å². The second-order valence-electron chi connectivity index (χ2n) is 2.86. The number of rotatable bonds is 6. The van der Waals surface area contributed by atoms with Gasteiger partial charge in [-0.05, 0) is 25.8 Å². The van der Waals surface area contributed by atoms with Crippen LogP contribution < -0.4 is 0 Å². The number of esters is 1. The summed E-state index contributed by atoms with van der Waals surface area (Å²) in [6, 6.07) is 0. The first-order valence-corrected chi connectivity index (χ1v) is 4.58. The summed E-state index contributed by atoms with van der Waals surface area (Å²) >= 11 is 0. The van der Waals surface area contributed by atoms with E-state index in [1.54, 1.807) is 12.2 Å². The van der Waals surface area contributed by atoms with Crippen LogP contribution >= 0.6 is 0 Å². The lowest BCUT2D eigenvalue weighted by molar-refractivity contribution is -0.139. The fourth-order valence-corrected chi connectivity index (χ4v) is 0.793. The predicted octanol–water partition coefficient (Wildman–Crippen LogP) is 2.03.